The first-order valence-corrected chi connectivity index (χ1v) is 17.9. The number of hydrazone groups is 1. The van der Waals surface area contributed by atoms with Crippen molar-refractivity contribution in [2.24, 2.45) is 36.3 Å². The molecule has 1 atom stereocenters. The van der Waals surface area contributed by atoms with Crippen molar-refractivity contribution in [1.29, 1.82) is 0 Å². The Morgan fingerprint density at radius 1 is 0.920 bits per heavy atom. The van der Waals surface area contributed by atoms with Gasteiger partial charge in [0.1, 0.15) is 17.0 Å². The second-order valence-electron chi connectivity index (χ2n) is 13.2. The number of nitrogens with two attached hydrogens (primary N) is 1. The van der Waals surface area contributed by atoms with E-state index in [4.69, 9.17) is 5.73 Å². The molecular weight excluding hydrogens is 638 g/mol. The average molecular weight is 706 g/mol. The van der Waals surface area contributed by atoms with Crippen LogP contribution in [0.15, 0.2) is 14.7 Å². The summed E-state index contributed by atoms with van der Waals surface area (Å²) in [6.07, 6.45) is 6.69. The average Bonchev–Trinajstić information content (AvgIpc) is 3.58. The monoisotopic (exact) mass is 706 g/mol. The molecule has 286 valence electrons. The van der Waals surface area contributed by atoms with Crippen molar-refractivity contribution in [3.63, 3.8) is 0 Å². The summed E-state index contributed by atoms with van der Waals surface area (Å²) in [4.78, 5) is 55.2. The summed E-state index contributed by atoms with van der Waals surface area (Å²) < 4.78 is 2.99. The Morgan fingerprint density at radius 3 is 1.78 bits per heavy atom. The minimum Gasteiger partial charge on any atom is -0.330 e. The third-order valence-electron chi connectivity index (χ3n) is 8.54. The lowest BCUT2D eigenvalue weighted by Gasteiger charge is -2.28. The van der Waals surface area contributed by atoms with Crippen LogP contribution in [-0.2, 0) is 41.3 Å². The van der Waals surface area contributed by atoms with Crippen molar-refractivity contribution in [2.45, 2.75) is 107 Å². The topological polar surface area (TPSA) is 192 Å². The Kier molecular flexibility index (Phi) is 22.0. The van der Waals surface area contributed by atoms with Crippen LogP contribution >= 0.6 is 0 Å². The molecule has 1 amide bonds. The van der Waals surface area contributed by atoms with Gasteiger partial charge in [-0.15, -0.1) is 0 Å². The number of aryl methyl sites for hydroxylation is 2. The van der Waals surface area contributed by atoms with Gasteiger partial charge in [0.2, 0.25) is 0 Å². The highest BCUT2D eigenvalue weighted by molar-refractivity contribution is 6.12. The van der Waals surface area contributed by atoms with E-state index >= 15 is 0 Å². The van der Waals surface area contributed by atoms with Gasteiger partial charge in [0.25, 0.3) is 17.0 Å². The number of H-pyrrole nitrogens is 2. The number of rotatable bonds is 11. The highest BCUT2D eigenvalue weighted by Crippen LogP contribution is 2.30. The van der Waals surface area contributed by atoms with E-state index in [1.807, 2.05) is 62.4 Å². The number of hydrogen-bond acceptors (Lipinski definition) is 9. The molecule has 14 nitrogen and oxygen atoms in total. The lowest BCUT2D eigenvalue weighted by atomic mass is 9.81. The van der Waals surface area contributed by atoms with Gasteiger partial charge in [0, 0.05) is 108 Å². The molecule has 14 heteroatoms. The molecule has 4 rings (SSSR count). The number of carbonyl (C=O) groups is 3. The van der Waals surface area contributed by atoms with Crippen LogP contribution in [0.3, 0.4) is 0 Å². The van der Waals surface area contributed by atoms with Crippen LogP contribution in [0, 0.1) is 25.2 Å². The van der Waals surface area contributed by atoms with Gasteiger partial charge in [-0.2, -0.15) is 5.10 Å². The number of carbonyl (C=O) groups excluding carboxylic acids is 3. The lowest BCUT2D eigenvalue weighted by Crippen LogP contribution is -2.48. The Balaban J connectivity index is 0.000000611. The van der Waals surface area contributed by atoms with Crippen molar-refractivity contribution in [2.75, 3.05) is 40.3 Å². The van der Waals surface area contributed by atoms with Crippen LogP contribution in [-0.4, -0.2) is 88.0 Å². The molecule has 0 aromatic carbocycles. The van der Waals surface area contributed by atoms with E-state index in [1.165, 1.54) is 14.4 Å². The van der Waals surface area contributed by atoms with E-state index in [1.54, 1.807) is 21.1 Å². The van der Waals surface area contributed by atoms with Gasteiger partial charge in [0.05, 0.1) is 5.71 Å². The first kappa shape index (κ1) is 46.4. The molecule has 4 heterocycles. The minimum absolute atomic E-state index is 0.0356. The number of nitrogens with zero attached hydrogens (tertiary/aromatic N) is 4. The molecule has 50 heavy (non-hydrogen) atoms. The van der Waals surface area contributed by atoms with Crippen molar-refractivity contribution in [3.8, 4) is 0 Å². The number of hydrogen-bond donors (Lipinski definition) is 5. The van der Waals surface area contributed by atoms with E-state index < -0.39 is 0 Å². The highest BCUT2D eigenvalue weighted by Gasteiger charge is 2.46. The molecule has 1 unspecified atom stereocenters. The number of fused-ring (bicyclic) bond motifs is 1. The van der Waals surface area contributed by atoms with Gasteiger partial charge in [-0.3, -0.25) is 43.5 Å². The van der Waals surface area contributed by atoms with E-state index in [-0.39, 0.29) is 28.4 Å². The zero-order valence-corrected chi connectivity index (χ0v) is 33.0. The lowest BCUT2D eigenvalue weighted by molar-refractivity contribution is -0.134. The maximum Gasteiger partial charge on any atom is 0.269 e. The summed E-state index contributed by atoms with van der Waals surface area (Å²) in [6, 6.07) is 0. The molecule has 0 aliphatic carbocycles. The van der Waals surface area contributed by atoms with Crippen molar-refractivity contribution in [3.05, 3.63) is 43.2 Å². The molecule has 6 N–H and O–H groups in total. The van der Waals surface area contributed by atoms with E-state index in [9.17, 15) is 24.0 Å². The normalized spacial score (nSPS) is 16.1. The van der Waals surface area contributed by atoms with Crippen molar-refractivity contribution in [1.82, 2.24) is 35.2 Å². The number of Topliss-reactive ketones (excluding diaryl/α,β-unsaturated/α-hetero) is 2. The molecular formula is C36H67N9O5. The third kappa shape index (κ3) is 14.7. The molecule has 2 aromatic rings. The standard InChI is InChI=1S/C8H13N3O.C8H15N3O.C7H13N3O.C7H14O.C6H12O/c1-8-5-9-4-3-6(8)10-11(2)7(8)12;1-6-7(4-5-9-2)10-11(3)8(6)12;1-5-6(3-4-8)9-10(2)7(5)11;1-4-5-7(8)6(2)3;1-3-5-6(7)4-2/h9H,3-5H2,1-2H3;9-10H,4-5H2,1-3H3;9H,3-4,8H2,1-2H3;6H,4-5H2,1-3H3;3-5H2,1-2H3. The molecule has 2 aromatic heterocycles. The van der Waals surface area contributed by atoms with Gasteiger partial charge in [0.15, 0.2) is 0 Å². The van der Waals surface area contributed by atoms with Gasteiger partial charge in [-0.05, 0) is 47.2 Å². The second kappa shape index (κ2) is 23.7. The molecule has 0 spiro atoms. The number of aromatic amines is 2. The maximum absolute atomic E-state index is 11.6. The SMILES string of the molecule is CCCC(=O)C(C)C.CCCC(=O)CC.CN1N=C2CCNCC2(C)C1=O.CNCCc1[nH]n(C)c(=O)c1C.Cc1c(CCN)[nH]n(C)c1=O. The fraction of sp³-hybridized carbons (Fsp3) is 0.722. The number of aromatic nitrogens is 4. The number of ketones is 2. The van der Waals surface area contributed by atoms with E-state index in [0.29, 0.717) is 24.5 Å². The molecule has 0 saturated carbocycles. The van der Waals surface area contributed by atoms with Crippen LogP contribution < -0.4 is 27.5 Å². The van der Waals surface area contributed by atoms with Crippen LogP contribution in [0.4, 0.5) is 0 Å². The molecule has 2 aliphatic heterocycles. The fourth-order valence-corrected chi connectivity index (χ4v) is 5.17. The molecule has 1 saturated heterocycles. The Morgan fingerprint density at radius 2 is 1.44 bits per heavy atom. The van der Waals surface area contributed by atoms with Crippen LogP contribution in [0.1, 0.15) is 103 Å². The summed E-state index contributed by atoms with van der Waals surface area (Å²) in [6.45, 7) is 18.6. The first-order chi connectivity index (χ1) is 23.5. The van der Waals surface area contributed by atoms with Gasteiger partial charge in [-0.25, -0.2) is 5.01 Å². The summed E-state index contributed by atoms with van der Waals surface area (Å²) in [5.74, 6) is 1.11. The third-order valence-corrected chi connectivity index (χ3v) is 8.54. The van der Waals surface area contributed by atoms with Crippen LogP contribution in [0.2, 0.25) is 0 Å². The summed E-state index contributed by atoms with van der Waals surface area (Å²) in [5, 5.41) is 17.9. The highest BCUT2D eigenvalue weighted by atomic mass is 16.2. The van der Waals surface area contributed by atoms with Crippen molar-refractivity contribution >= 4 is 23.2 Å². The van der Waals surface area contributed by atoms with Gasteiger partial charge in [-0.1, -0.05) is 34.6 Å². The first-order valence-electron chi connectivity index (χ1n) is 17.9. The predicted octanol–water partition coefficient (Wildman–Crippen LogP) is 2.90. The minimum atomic E-state index is -0.354. The van der Waals surface area contributed by atoms with Crippen LogP contribution in [0.5, 0.6) is 0 Å². The summed E-state index contributed by atoms with van der Waals surface area (Å²) in [5.41, 5.74) is 9.72. The van der Waals surface area contributed by atoms with Crippen molar-refractivity contribution < 1.29 is 14.4 Å². The number of amides is 1. The second-order valence-corrected chi connectivity index (χ2v) is 13.2. The largest absolute Gasteiger partial charge is 0.330 e. The Hall–Kier alpha value is -3.62. The fourth-order valence-electron chi connectivity index (χ4n) is 5.17. The number of piperidine rings is 1. The molecule has 1 fully saturated rings. The number of likely N-dealkylation sites (N-methyl/N-ethyl adjacent to an activating group) is 1. The Labute approximate surface area is 299 Å². The quantitative estimate of drug-likeness (QED) is 0.236. The van der Waals surface area contributed by atoms with E-state index in [0.717, 1.165) is 92.8 Å². The van der Waals surface area contributed by atoms with Gasteiger partial charge >= 0.3 is 0 Å². The molecule has 0 bridgehead atoms. The smallest absolute Gasteiger partial charge is 0.269 e. The molecule has 2 aliphatic rings. The molecule has 0 radical (unpaired) electrons. The zero-order chi connectivity index (χ0) is 38.6. The summed E-state index contributed by atoms with van der Waals surface area (Å²) in [7, 11) is 7.06. The zero-order valence-electron chi connectivity index (χ0n) is 33.0. The Bertz CT molecular complexity index is 1480. The van der Waals surface area contributed by atoms with Crippen LogP contribution in [0.25, 0.3) is 0 Å². The van der Waals surface area contributed by atoms with E-state index in [2.05, 4.69) is 25.9 Å². The van der Waals surface area contributed by atoms with Gasteiger partial charge < -0.3 is 16.4 Å². The summed E-state index contributed by atoms with van der Waals surface area (Å²) >= 11 is 0. The maximum atomic E-state index is 11.6. The predicted molar refractivity (Wildman–Crippen MR) is 203 cm³/mol. The number of nitrogens with one attached hydrogen (secondary N) is 4.